The zero-order valence-electron chi connectivity index (χ0n) is 20.4. The van der Waals surface area contributed by atoms with E-state index in [1.807, 2.05) is 30.9 Å². The van der Waals surface area contributed by atoms with Crippen LogP contribution in [0.3, 0.4) is 0 Å². The van der Waals surface area contributed by atoms with Gasteiger partial charge in [-0.3, -0.25) is 9.78 Å². The van der Waals surface area contributed by atoms with Crippen LogP contribution in [-0.2, 0) is 21.2 Å². The maximum absolute atomic E-state index is 13.8. The fourth-order valence-electron chi connectivity index (χ4n) is 4.89. The number of fused-ring (bicyclic) bond motifs is 2. The molecule has 0 spiro atoms. The predicted molar refractivity (Wildman–Crippen MR) is 144 cm³/mol. The molecule has 0 saturated carbocycles. The van der Waals surface area contributed by atoms with Crippen molar-refractivity contribution < 1.29 is 13.2 Å². The van der Waals surface area contributed by atoms with Crippen LogP contribution in [0, 0.1) is 6.92 Å². The number of sulfonamides is 1. The van der Waals surface area contributed by atoms with E-state index in [0.29, 0.717) is 18.5 Å². The third-order valence-corrected chi connectivity index (χ3v) is 9.55. The van der Waals surface area contributed by atoms with Gasteiger partial charge in [-0.25, -0.2) is 8.42 Å². The average molecular weight is 520 g/mol. The van der Waals surface area contributed by atoms with Crippen LogP contribution in [0.1, 0.15) is 41.0 Å². The molecule has 5 rings (SSSR count). The molecule has 2 aromatic heterocycles. The van der Waals surface area contributed by atoms with Crippen molar-refractivity contribution in [3.63, 3.8) is 0 Å². The lowest BCUT2D eigenvalue weighted by molar-refractivity contribution is -0.133. The van der Waals surface area contributed by atoms with Crippen molar-refractivity contribution in [2.75, 3.05) is 19.6 Å². The number of aryl methyl sites for hydroxylation is 1. The van der Waals surface area contributed by atoms with E-state index in [1.54, 1.807) is 35.7 Å². The van der Waals surface area contributed by atoms with Gasteiger partial charge >= 0.3 is 0 Å². The molecule has 1 aliphatic rings. The molecule has 8 heteroatoms. The van der Waals surface area contributed by atoms with Gasteiger partial charge < -0.3 is 4.90 Å². The van der Waals surface area contributed by atoms with Crippen LogP contribution in [0.15, 0.2) is 77.1 Å². The van der Waals surface area contributed by atoms with Gasteiger partial charge in [-0.05, 0) is 54.5 Å². The van der Waals surface area contributed by atoms with Crippen molar-refractivity contribution in [2.24, 2.45) is 0 Å². The van der Waals surface area contributed by atoms with Crippen LogP contribution in [0.2, 0.25) is 0 Å². The Balaban J connectivity index is 1.49. The van der Waals surface area contributed by atoms with E-state index in [9.17, 15) is 13.2 Å². The summed E-state index contributed by atoms with van der Waals surface area (Å²) in [6.07, 6.45) is 2.96. The summed E-state index contributed by atoms with van der Waals surface area (Å²) >= 11 is 1.71. The molecule has 2 aromatic carbocycles. The third kappa shape index (κ3) is 4.56. The zero-order chi connectivity index (χ0) is 25.3. The molecule has 0 saturated heterocycles. The molecular formula is C28H29N3O3S2. The van der Waals surface area contributed by atoms with E-state index < -0.39 is 10.0 Å². The first-order valence-corrected chi connectivity index (χ1v) is 14.5. The molecule has 1 atom stereocenters. The summed E-state index contributed by atoms with van der Waals surface area (Å²) in [4.78, 5) is 21.4. The predicted octanol–water partition coefficient (Wildman–Crippen LogP) is 5.18. The summed E-state index contributed by atoms with van der Waals surface area (Å²) in [5.74, 6) is -0.192. The van der Waals surface area contributed by atoms with Crippen LogP contribution < -0.4 is 0 Å². The van der Waals surface area contributed by atoms with Crippen LogP contribution in [0.25, 0.3) is 10.9 Å². The summed E-state index contributed by atoms with van der Waals surface area (Å²) < 4.78 is 28.9. The molecular weight excluding hydrogens is 490 g/mol. The van der Waals surface area contributed by atoms with Gasteiger partial charge in [0.05, 0.1) is 18.1 Å². The van der Waals surface area contributed by atoms with E-state index in [2.05, 4.69) is 40.7 Å². The largest absolute Gasteiger partial charge is 0.330 e. The van der Waals surface area contributed by atoms with Crippen LogP contribution in [-0.4, -0.2) is 48.1 Å². The summed E-state index contributed by atoms with van der Waals surface area (Å²) in [7, 11) is -3.94. The highest BCUT2D eigenvalue weighted by molar-refractivity contribution is 7.89. The van der Waals surface area contributed by atoms with Crippen molar-refractivity contribution in [3.8, 4) is 0 Å². The summed E-state index contributed by atoms with van der Waals surface area (Å²) in [6, 6.07) is 18.9. The normalized spacial score (nSPS) is 15.9. The van der Waals surface area contributed by atoms with Crippen LogP contribution in [0.5, 0.6) is 0 Å². The SMILES string of the molecule is CCCN(CC(=O)N1CCc2sccc2[C@H]1c1ccc(C)cc1)S(=O)(=O)c1cccc2cccnc12. The number of nitrogens with zero attached hydrogens (tertiary/aromatic N) is 3. The highest BCUT2D eigenvalue weighted by Gasteiger charge is 2.36. The second-order valence-corrected chi connectivity index (χ2v) is 12.0. The number of aromatic nitrogens is 1. The number of para-hydroxylation sites is 1. The Morgan fingerprint density at radius 1 is 1.11 bits per heavy atom. The van der Waals surface area contributed by atoms with Crippen molar-refractivity contribution >= 4 is 38.2 Å². The second kappa shape index (κ2) is 10.1. The number of pyridine rings is 1. The molecule has 186 valence electrons. The number of benzene rings is 2. The van der Waals surface area contributed by atoms with Crippen LogP contribution >= 0.6 is 11.3 Å². The number of carbonyl (C=O) groups is 1. The minimum atomic E-state index is -3.94. The maximum atomic E-state index is 13.8. The fraction of sp³-hybridized carbons (Fsp3) is 0.286. The van der Waals surface area contributed by atoms with Crippen LogP contribution in [0.4, 0.5) is 0 Å². The van der Waals surface area contributed by atoms with Crippen molar-refractivity contribution in [1.29, 1.82) is 0 Å². The third-order valence-electron chi connectivity index (χ3n) is 6.68. The van der Waals surface area contributed by atoms with Crippen molar-refractivity contribution in [1.82, 2.24) is 14.2 Å². The number of amides is 1. The molecule has 0 bridgehead atoms. The Bertz CT molecular complexity index is 1490. The van der Waals surface area contributed by atoms with E-state index in [-0.39, 0.29) is 29.9 Å². The number of carbonyl (C=O) groups excluding carboxylic acids is 1. The molecule has 1 aliphatic heterocycles. The standard InChI is InChI=1S/C28H29N3O3S2/c1-3-16-30(36(33,34)25-8-4-6-21-7-5-15-29-27(21)25)19-26(32)31-17-13-24-23(14-18-35-24)28(31)22-11-9-20(2)10-12-22/h4-12,14-15,18,28H,3,13,16-17,19H2,1-2H3/t28-/m1/s1. The molecule has 0 fully saturated rings. The van der Waals surface area contributed by atoms with E-state index in [4.69, 9.17) is 0 Å². The molecule has 36 heavy (non-hydrogen) atoms. The first-order valence-electron chi connectivity index (χ1n) is 12.2. The van der Waals surface area contributed by atoms with Crippen molar-refractivity contribution in [3.05, 3.63) is 93.8 Å². The Morgan fingerprint density at radius 2 is 1.89 bits per heavy atom. The summed E-state index contributed by atoms with van der Waals surface area (Å²) in [5.41, 5.74) is 3.75. The van der Waals surface area contributed by atoms with Gasteiger partial charge in [-0.1, -0.05) is 55.0 Å². The van der Waals surface area contributed by atoms with E-state index in [1.165, 1.54) is 9.18 Å². The summed E-state index contributed by atoms with van der Waals surface area (Å²) in [6.45, 7) is 4.56. The lowest BCUT2D eigenvalue weighted by atomic mass is 9.92. The topological polar surface area (TPSA) is 70.6 Å². The monoisotopic (exact) mass is 519 g/mol. The molecule has 0 radical (unpaired) electrons. The van der Waals surface area contributed by atoms with Gasteiger partial charge in [0, 0.05) is 29.5 Å². The quantitative estimate of drug-likeness (QED) is 0.337. The maximum Gasteiger partial charge on any atom is 0.245 e. The van der Waals surface area contributed by atoms with Crippen molar-refractivity contribution in [2.45, 2.75) is 37.6 Å². The van der Waals surface area contributed by atoms with Gasteiger partial charge in [-0.15, -0.1) is 11.3 Å². The Hall–Kier alpha value is -3.07. The van der Waals surface area contributed by atoms with E-state index >= 15 is 0 Å². The number of rotatable bonds is 7. The minimum absolute atomic E-state index is 0.135. The first-order chi connectivity index (χ1) is 17.4. The second-order valence-electron chi connectivity index (χ2n) is 9.12. The lowest BCUT2D eigenvalue weighted by Gasteiger charge is -2.37. The zero-order valence-corrected chi connectivity index (χ0v) is 22.1. The van der Waals surface area contributed by atoms with Gasteiger partial charge in [-0.2, -0.15) is 4.31 Å². The Labute approximate surface area is 216 Å². The van der Waals surface area contributed by atoms with Gasteiger partial charge in [0.15, 0.2) is 0 Å². The smallest absolute Gasteiger partial charge is 0.245 e. The Kier molecular flexibility index (Phi) is 6.92. The summed E-state index contributed by atoms with van der Waals surface area (Å²) in [5, 5.41) is 2.82. The minimum Gasteiger partial charge on any atom is -0.330 e. The van der Waals surface area contributed by atoms with Gasteiger partial charge in [0.2, 0.25) is 15.9 Å². The highest BCUT2D eigenvalue weighted by atomic mass is 32.2. The number of hydrogen-bond acceptors (Lipinski definition) is 5. The lowest BCUT2D eigenvalue weighted by Crippen LogP contribution is -2.47. The molecule has 0 aliphatic carbocycles. The average Bonchev–Trinajstić information content (AvgIpc) is 3.37. The molecule has 4 aromatic rings. The molecule has 0 N–H and O–H groups in total. The molecule has 1 amide bonds. The molecule has 6 nitrogen and oxygen atoms in total. The first kappa shape index (κ1) is 24.6. The van der Waals surface area contributed by atoms with Gasteiger partial charge in [0.1, 0.15) is 4.90 Å². The number of thiophene rings is 1. The highest BCUT2D eigenvalue weighted by Crippen LogP contribution is 2.38. The number of hydrogen-bond donors (Lipinski definition) is 0. The fourth-order valence-corrected chi connectivity index (χ4v) is 7.44. The Morgan fingerprint density at radius 3 is 2.67 bits per heavy atom. The van der Waals surface area contributed by atoms with E-state index in [0.717, 1.165) is 28.5 Å². The molecule has 0 unspecified atom stereocenters. The molecule has 3 heterocycles. The van der Waals surface area contributed by atoms with Gasteiger partial charge in [0.25, 0.3) is 0 Å².